The summed E-state index contributed by atoms with van der Waals surface area (Å²) in [6, 6.07) is 5.42. The van der Waals surface area contributed by atoms with E-state index in [1.807, 2.05) is 13.9 Å². The zero-order chi connectivity index (χ0) is 9.42. The maximum Gasteiger partial charge on any atom is 0.164 e. The number of rotatable bonds is 0. The standard InChI is InChI=1S/C10H9BO2/c11-6-1-2-7-8(5-6)10(13)4-3-9(7)12/h1-2,5H,3-4,11H2. The first-order valence-electron chi connectivity index (χ1n) is 4.35. The average molecular weight is 172 g/mol. The van der Waals surface area contributed by atoms with E-state index in [2.05, 4.69) is 0 Å². The molecule has 0 amide bonds. The van der Waals surface area contributed by atoms with E-state index in [1.165, 1.54) is 0 Å². The van der Waals surface area contributed by atoms with Crippen LogP contribution < -0.4 is 5.46 Å². The van der Waals surface area contributed by atoms with Crippen LogP contribution in [0.2, 0.25) is 0 Å². The molecule has 1 aromatic carbocycles. The van der Waals surface area contributed by atoms with Crippen LogP contribution in [0.3, 0.4) is 0 Å². The fourth-order valence-corrected chi connectivity index (χ4v) is 1.63. The highest BCUT2D eigenvalue weighted by atomic mass is 16.1. The van der Waals surface area contributed by atoms with E-state index in [0.717, 1.165) is 5.46 Å². The molecular weight excluding hydrogens is 163 g/mol. The van der Waals surface area contributed by atoms with Gasteiger partial charge in [0.05, 0.1) is 0 Å². The summed E-state index contributed by atoms with van der Waals surface area (Å²) in [5.74, 6) is 0.188. The van der Waals surface area contributed by atoms with Crippen LogP contribution in [0, 0.1) is 0 Å². The Labute approximate surface area is 77.4 Å². The number of benzene rings is 1. The summed E-state index contributed by atoms with van der Waals surface area (Å²) in [5.41, 5.74) is 2.24. The van der Waals surface area contributed by atoms with Gasteiger partial charge in [-0.1, -0.05) is 23.7 Å². The van der Waals surface area contributed by atoms with Crippen molar-refractivity contribution in [1.82, 2.24) is 0 Å². The van der Waals surface area contributed by atoms with E-state index in [0.29, 0.717) is 24.0 Å². The van der Waals surface area contributed by atoms with Crippen LogP contribution in [-0.4, -0.2) is 19.4 Å². The second kappa shape index (κ2) is 2.84. The highest BCUT2D eigenvalue weighted by Crippen LogP contribution is 2.19. The van der Waals surface area contributed by atoms with Gasteiger partial charge in [-0.15, -0.1) is 0 Å². The van der Waals surface area contributed by atoms with Gasteiger partial charge >= 0.3 is 0 Å². The largest absolute Gasteiger partial charge is 0.294 e. The Balaban J connectivity index is 2.63. The number of hydrogen-bond donors (Lipinski definition) is 0. The Morgan fingerprint density at radius 2 is 1.62 bits per heavy atom. The van der Waals surface area contributed by atoms with Gasteiger partial charge in [0.25, 0.3) is 0 Å². The summed E-state index contributed by atoms with van der Waals surface area (Å²) < 4.78 is 0. The molecule has 0 N–H and O–H groups in total. The predicted octanol–water partition coefficient (Wildman–Crippen LogP) is 0.104. The predicted molar refractivity (Wildman–Crippen MR) is 52.5 cm³/mol. The number of carbonyl (C=O) groups is 2. The van der Waals surface area contributed by atoms with E-state index in [9.17, 15) is 9.59 Å². The molecule has 0 saturated heterocycles. The van der Waals surface area contributed by atoms with Gasteiger partial charge in [0.2, 0.25) is 0 Å². The van der Waals surface area contributed by atoms with E-state index in [1.54, 1.807) is 12.1 Å². The van der Waals surface area contributed by atoms with E-state index in [4.69, 9.17) is 0 Å². The molecule has 0 fully saturated rings. The molecule has 1 aliphatic rings. The Morgan fingerprint density at radius 3 is 2.31 bits per heavy atom. The molecule has 0 unspecified atom stereocenters. The lowest BCUT2D eigenvalue weighted by molar-refractivity contribution is 0.0890. The zero-order valence-electron chi connectivity index (χ0n) is 7.46. The summed E-state index contributed by atoms with van der Waals surface area (Å²) in [6.45, 7) is 0. The third-order valence-electron chi connectivity index (χ3n) is 2.36. The van der Waals surface area contributed by atoms with Gasteiger partial charge in [-0.25, -0.2) is 0 Å². The van der Waals surface area contributed by atoms with E-state index >= 15 is 0 Å². The molecule has 0 aliphatic heterocycles. The van der Waals surface area contributed by atoms with Gasteiger partial charge in [0.15, 0.2) is 11.6 Å². The van der Waals surface area contributed by atoms with Crippen LogP contribution >= 0.6 is 0 Å². The number of fused-ring (bicyclic) bond motifs is 1. The maximum absolute atomic E-state index is 11.4. The van der Waals surface area contributed by atoms with Crippen LogP contribution in [0.4, 0.5) is 0 Å². The van der Waals surface area contributed by atoms with Gasteiger partial charge < -0.3 is 0 Å². The van der Waals surface area contributed by atoms with Crippen molar-refractivity contribution in [3.05, 3.63) is 29.3 Å². The molecular formula is C10H9BO2. The molecule has 2 rings (SSSR count). The van der Waals surface area contributed by atoms with Crippen LogP contribution in [0.5, 0.6) is 0 Å². The summed E-state index contributed by atoms with van der Waals surface area (Å²) in [7, 11) is 1.92. The van der Waals surface area contributed by atoms with Gasteiger partial charge in [-0.3, -0.25) is 9.59 Å². The minimum absolute atomic E-state index is 0.0922. The first-order valence-corrected chi connectivity index (χ1v) is 4.35. The molecule has 0 heterocycles. The number of carbonyl (C=O) groups excluding carboxylic acids is 2. The molecule has 0 radical (unpaired) electrons. The van der Waals surface area contributed by atoms with E-state index < -0.39 is 0 Å². The molecule has 3 heteroatoms. The Hall–Kier alpha value is -1.38. The number of Topliss-reactive ketones (excluding diaryl/α,β-unsaturated/α-hetero) is 2. The molecule has 1 aromatic rings. The SMILES string of the molecule is Bc1ccc2c(c1)C(=O)CCC2=O. The van der Waals surface area contributed by atoms with Crippen LogP contribution in [-0.2, 0) is 0 Å². The molecule has 1 aliphatic carbocycles. The fraction of sp³-hybridized carbons (Fsp3) is 0.200. The average Bonchev–Trinajstić information content (AvgIpc) is 2.12. The molecule has 0 spiro atoms. The van der Waals surface area contributed by atoms with Crippen molar-refractivity contribution in [3.8, 4) is 0 Å². The van der Waals surface area contributed by atoms with Crippen molar-refractivity contribution in [2.75, 3.05) is 0 Å². The molecule has 2 nitrogen and oxygen atoms in total. The Kier molecular flexibility index (Phi) is 1.80. The normalized spacial score (nSPS) is 15.7. The van der Waals surface area contributed by atoms with Crippen molar-refractivity contribution < 1.29 is 9.59 Å². The third kappa shape index (κ3) is 1.30. The Bertz CT molecular complexity index is 396. The molecule has 0 bridgehead atoms. The van der Waals surface area contributed by atoms with Crippen molar-refractivity contribution in [1.29, 1.82) is 0 Å². The first-order chi connectivity index (χ1) is 6.18. The van der Waals surface area contributed by atoms with Gasteiger partial charge in [0, 0.05) is 24.0 Å². The molecule has 0 atom stereocenters. The topological polar surface area (TPSA) is 34.1 Å². The Morgan fingerprint density at radius 1 is 1.00 bits per heavy atom. The summed E-state index contributed by atoms with van der Waals surface area (Å²) in [5, 5.41) is 0. The summed E-state index contributed by atoms with van der Waals surface area (Å²) in [4.78, 5) is 22.8. The third-order valence-corrected chi connectivity index (χ3v) is 2.36. The summed E-state index contributed by atoms with van der Waals surface area (Å²) in [6.07, 6.45) is 0.740. The smallest absolute Gasteiger partial charge is 0.164 e. The van der Waals surface area contributed by atoms with Crippen LogP contribution in [0.15, 0.2) is 18.2 Å². The fourth-order valence-electron chi connectivity index (χ4n) is 1.63. The lowest BCUT2D eigenvalue weighted by Gasteiger charge is -2.13. The summed E-state index contributed by atoms with van der Waals surface area (Å²) >= 11 is 0. The highest BCUT2D eigenvalue weighted by molar-refractivity contribution is 6.33. The maximum atomic E-state index is 11.4. The van der Waals surface area contributed by atoms with Crippen molar-refractivity contribution >= 4 is 24.9 Å². The van der Waals surface area contributed by atoms with Gasteiger partial charge in [-0.05, 0) is 0 Å². The molecule has 64 valence electrons. The minimum atomic E-state index is 0.0922. The van der Waals surface area contributed by atoms with Gasteiger partial charge in [-0.2, -0.15) is 0 Å². The molecule has 0 aromatic heterocycles. The van der Waals surface area contributed by atoms with Crippen LogP contribution in [0.25, 0.3) is 0 Å². The minimum Gasteiger partial charge on any atom is -0.294 e. The second-order valence-corrected chi connectivity index (χ2v) is 3.40. The van der Waals surface area contributed by atoms with Crippen molar-refractivity contribution in [3.63, 3.8) is 0 Å². The second-order valence-electron chi connectivity index (χ2n) is 3.40. The van der Waals surface area contributed by atoms with E-state index in [-0.39, 0.29) is 11.6 Å². The number of ketones is 2. The van der Waals surface area contributed by atoms with Crippen LogP contribution in [0.1, 0.15) is 33.6 Å². The number of hydrogen-bond acceptors (Lipinski definition) is 2. The molecule has 13 heavy (non-hydrogen) atoms. The quantitative estimate of drug-likeness (QED) is 0.520. The highest BCUT2D eigenvalue weighted by Gasteiger charge is 2.22. The van der Waals surface area contributed by atoms with Crippen molar-refractivity contribution in [2.24, 2.45) is 0 Å². The monoisotopic (exact) mass is 172 g/mol. The van der Waals surface area contributed by atoms with Gasteiger partial charge in [0.1, 0.15) is 7.85 Å². The lowest BCUT2D eigenvalue weighted by Crippen LogP contribution is -2.19. The lowest BCUT2D eigenvalue weighted by atomic mass is 9.84. The molecule has 0 saturated carbocycles. The first kappa shape index (κ1) is 8.23. The van der Waals surface area contributed by atoms with Crippen molar-refractivity contribution in [2.45, 2.75) is 12.8 Å². The zero-order valence-corrected chi connectivity index (χ0v) is 7.46.